The van der Waals surface area contributed by atoms with E-state index in [1.54, 1.807) is 30.3 Å². The summed E-state index contributed by atoms with van der Waals surface area (Å²) < 4.78 is 5.18. The fraction of sp³-hybridized carbons (Fsp3) is 0.150. The van der Waals surface area contributed by atoms with Crippen molar-refractivity contribution >= 4 is 17.5 Å². The van der Waals surface area contributed by atoms with Crippen LogP contribution in [0.2, 0.25) is 0 Å². The van der Waals surface area contributed by atoms with Gasteiger partial charge in [0, 0.05) is 17.3 Å². The maximum Gasteiger partial charge on any atom is 0.246 e. The summed E-state index contributed by atoms with van der Waals surface area (Å²) in [5, 5.41) is 18.4. The summed E-state index contributed by atoms with van der Waals surface area (Å²) in [5.74, 6) is 0.0459. The van der Waals surface area contributed by atoms with Crippen molar-refractivity contribution < 1.29 is 9.32 Å². The molecule has 0 aliphatic heterocycles. The van der Waals surface area contributed by atoms with Crippen molar-refractivity contribution in [1.82, 2.24) is 5.16 Å². The van der Waals surface area contributed by atoms with Crippen LogP contribution in [0.1, 0.15) is 18.1 Å². The van der Waals surface area contributed by atoms with Crippen LogP contribution < -0.4 is 10.6 Å². The van der Waals surface area contributed by atoms with Crippen LogP contribution in [0.25, 0.3) is 11.3 Å². The molecule has 0 radical (unpaired) electrons. The molecule has 6 heteroatoms. The summed E-state index contributed by atoms with van der Waals surface area (Å²) in [4.78, 5) is 12.0. The number of aryl methyl sites for hydroxylation is 1. The fourth-order valence-corrected chi connectivity index (χ4v) is 2.41. The molecule has 1 heterocycles. The molecule has 1 aromatic heterocycles. The summed E-state index contributed by atoms with van der Waals surface area (Å²) in [6, 6.07) is 18.7. The highest BCUT2D eigenvalue weighted by Crippen LogP contribution is 2.22. The van der Waals surface area contributed by atoms with Gasteiger partial charge in [-0.3, -0.25) is 10.1 Å². The lowest BCUT2D eigenvalue weighted by molar-refractivity contribution is -0.114. The predicted octanol–water partition coefficient (Wildman–Crippen LogP) is 3.83. The van der Waals surface area contributed by atoms with E-state index < -0.39 is 0 Å². The Labute approximate surface area is 151 Å². The van der Waals surface area contributed by atoms with Crippen molar-refractivity contribution in [1.29, 1.82) is 5.26 Å². The number of carbonyl (C=O) groups is 1. The fourth-order valence-electron chi connectivity index (χ4n) is 2.41. The number of amides is 1. The van der Waals surface area contributed by atoms with E-state index in [0.717, 1.165) is 17.7 Å². The lowest BCUT2D eigenvalue weighted by Crippen LogP contribution is -2.21. The van der Waals surface area contributed by atoms with E-state index in [-0.39, 0.29) is 12.5 Å². The van der Waals surface area contributed by atoms with Crippen molar-refractivity contribution in [2.24, 2.45) is 0 Å². The van der Waals surface area contributed by atoms with E-state index >= 15 is 0 Å². The zero-order valence-corrected chi connectivity index (χ0v) is 14.3. The molecule has 2 N–H and O–H groups in total. The molecule has 0 saturated heterocycles. The molecule has 0 saturated carbocycles. The topological polar surface area (TPSA) is 91.0 Å². The predicted molar refractivity (Wildman–Crippen MR) is 99.6 cm³/mol. The largest absolute Gasteiger partial charge is 0.376 e. The third kappa shape index (κ3) is 4.28. The number of nitrogens with one attached hydrogen (secondary N) is 2. The molecule has 6 nitrogen and oxygen atoms in total. The normalized spacial score (nSPS) is 10.2. The van der Waals surface area contributed by atoms with Gasteiger partial charge in [0.1, 0.15) is 5.69 Å². The SMILES string of the molecule is CCc1ccc(-c2cc(NC(=O)CNc3ccc(C#N)cc3)on2)cc1. The standard InChI is InChI=1S/C20H18N4O2/c1-2-14-3-7-16(8-4-14)18-11-20(26-24-18)23-19(25)13-22-17-9-5-15(12-21)6-10-17/h3-11,22H,2,13H2,1H3,(H,23,25). The Bertz CT molecular complexity index is 922. The molecule has 0 spiro atoms. The number of aromatic nitrogens is 1. The molecule has 0 unspecified atom stereocenters. The van der Waals surface area contributed by atoms with Crippen molar-refractivity contribution in [2.45, 2.75) is 13.3 Å². The number of nitrogens with zero attached hydrogens (tertiary/aromatic N) is 2. The van der Waals surface area contributed by atoms with Gasteiger partial charge in [0.25, 0.3) is 0 Å². The number of anilines is 2. The average molecular weight is 346 g/mol. The van der Waals surface area contributed by atoms with Crippen LogP contribution in [0.3, 0.4) is 0 Å². The van der Waals surface area contributed by atoms with Crippen LogP contribution in [0.15, 0.2) is 59.1 Å². The first-order valence-corrected chi connectivity index (χ1v) is 8.28. The molecule has 0 bridgehead atoms. The van der Waals surface area contributed by atoms with Gasteiger partial charge in [0.15, 0.2) is 0 Å². The minimum atomic E-state index is -0.251. The number of carbonyl (C=O) groups excluding carboxylic acids is 1. The Morgan fingerprint density at radius 3 is 2.54 bits per heavy atom. The quantitative estimate of drug-likeness (QED) is 0.708. The number of nitriles is 1. The second kappa shape index (κ2) is 7.99. The number of rotatable bonds is 6. The molecule has 0 atom stereocenters. The molecule has 1 amide bonds. The Hall–Kier alpha value is -3.59. The summed E-state index contributed by atoms with van der Waals surface area (Å²) >= 11 is 0. The molecule has 0 aliphatic carbocycles. The Morgan fingerprint density at radius 1 is 1.15 bits per heavy atom. The van der Waals surface area contributed by atoms with Gasteiger partial charge in [-0.2, -0.15) is 5.26 Å². The maximum atomic E-state index is 12.0. The highest BCUT2D eigenvalue weighted by molar-refractivity contribution is 5.93. The van der Waals surface area contributed by atoms with E-state index in [4.69, 9.17) is 9.78 Å². The van der Waals surface area contributed by atoms with E-state index in [2.05, 4.69) is 22.7 Å². The second-order valence-corrected chi connectivity index (χ2v) is 5.72. The van der Waals surface area contributed by atoms with Crippen LogP contribution in [-0.4, -0.2) is 17.6 Å². The molecule has 3 rings (SSSR count). The molecule has 26 heavy (non-hydrogen) atoms. The summed E-state index contributed by atoms with van der Waals surface area (Å²) in [6.07, 6.45) is 0.979. The first-order chi connectivity index (χ1) is 12.7. The van der Waals surface area contributed by atoms with Gasteiger partial charge in [0.2, 0.25) is 11.8 Å². The second-order valence-electron chi connectivity index (χ2n) is 5.72. The van der Waals surface area contributed by atoms with E-state index in [9.17, 15) is 4.79 Å². The van der Waals surface area contributed by atoms with Crippen LogP contribution in [-0.2, 0) is 11.2 Å². The molecule has 2 aromatic carbocycles. The van der Waals surface area contributed by atoms with Gasteiger partial charge in [-0.1, -0.05) is 36.3 Å². The van der Waals surface area contributed by atoms with Gasteiger partial charge >= 0.3 is 0 Å². The maximum absolute atomic E-state index is 12.0. The molecule has 0 aliphatic rings. The lowest BCUT2D eigenvalue weighted by Gasteiger charge is -2.05. The third-order valence-electron chi connectivity index (χ3n) is 3.90. The smallest absolute Gasteiger partial charge is 0.246 e. The van der Waals surface area contributed by atoms with Crippen molar-refractivity contribution in [2.75, 3.05) is 17.2 Å². The van der Waals surface area contributed by atoms with Gasteiger partial charge in [-0.05, 0) is 36.2 Å². The molecule has 3 aromatic rings. The van der Waals surface area contributed by atoms with Crippen LogP contribution in [0.4, 0.5) is 11.6 Å². The first-order valence-electron chi connectivity index (χ1n) is 8.28. The zero-order chi connectivity index (χ0) is 18.4. The Balaban J connectivity index is 1.56. The first kappa shape index (κ1) is 17.2. The van der Waals surface area contributed by atoms with Crippen molar-refractivity contribution in [3.63, 3.8) is 0 Å². The van der Waals surface area contributed by atoms with Gasteiger partial charge in [-0.25, -0.2) is 0 Å². The van der Waals surface area contributed by atoms with Gasteiger partial charge < -0.3 is 9.84 Å². The number of benzene rings is 2. The van der Waals surface area contributed by atoms with Gasteiger partial charge in [0.05, 0.1) is 18.2 Å². The average Bonchev–Trinajstić information content (AvgIpc) is 3.15. The lowest BCUT2D eigenvalue weighted by atomic mass is 10.1. The highest BCUT2D eigenvalue weighted by atomic mass is 16.5. The minimum absolute atomic E-state index is 0.0765. The van der Waals surface area contributed by atoms with Crippen molar-refractivity contribution in [3.8, 4) is 17.3 Å². The molecular formula is C20H18N4O2. The Kier molecular flexibility index (Phi) is 5.30. The van der Waals surface area contributed by atoms with Crippen molar-refractivity contribution in [3.05, 3.63) is 65.7 Å². The van der Waals surface area contributed by atoms with Gasteiger partial charge in [-0.15, -0.1) is 0 Å². The number of hydrogen-bond donors (Lipinski definition) is 2. The van der Waals surface area contributed by atoms with Crippen LogP contribution in [0.5, 0.6) is 0 Å². The number of hydrogen-bond acceptors (Lipinski definition) is 5. The summed E-state index contributed by atoms with van der Waals surface area (Å²) in [6.45, 7) is 2.18. The summed E-state index contributed by atoms with van der Waals surface area (Å²) in [7, 11) is 0. The molecule has 0 fully saturated rings. The monoisotopic (exact) mass is 346 g/mol. The highest BCUT2D eigenvalue weighted by Gasteiger charge is 2.09. The van der Waals surface area contributed by atoms with Crippen LogP contribution in [0, 0.1) is 11.3 Å². The zero-order valence-electron chi connectivity index (χ0n) is 14.3. The molecular weight excluding hydrogens is 328 g/mol. The third-order valence-corrected chi connectivity index (χ3v) is 3.90. The van der Waals surface area contributed by atoms with E-state index in [1.165, 1.54) is 5.56 Å². The van der Waals surface area contributed by atoms with E-state index in [0.29, 0.717) is 17.1 Å². The molecule has 130 valence electrons. The minimum Gasteiger partial charge on any atom is -0.376 e. The van der Waals surface area contributed by atoms with E-state index in [1.807, 2.05) is 30.3 Å². The Morgan fingerprint density at radius 2 is 1.88 bits per heavy atom. The summed E-state index contributed by atoms with van der Waals surface area (Å²) in [5.41, 5.74) is 4.18. The van der Waals surface area contributed by atoms with Crippen LogP contribution >= 0.6 is 0 Å².